The van der Waals surface area contributed by atoms with E-state index in [9.17, 15) is 4.79 Å². The number of carboxylic acids is 1. The Bertz CT molecular complexity index is 388. The number of rotatable bonds is 5. The fourth-order valence-electron chi connectivity index (χ4n) is 1.83. The minimum atomic E-state index is -0.954. The summed E-state index contributed by atoms with van der Waals surface area (Å²) >= 11 is 0. The van der Waals surface area contributed by atoms with Crippen LogP contribution in [0.25, 0.3) is 0 Å². The van der Waals surface area contributed by atoms with Crippen molar-refractivity contribution in [3.05, 3.63) is 24.0 Å². The number of nitrogens with zero attached hydrogens (tertiary/aromatic N) is 2. The molecule has 1 aliphatic carbocycles. The monoisotopic (exact) mass is 220 g/mol. The van der Waals surface area contributed by atoms with E-state index in [1.165, 1.54) is 19.0 Å². The molecule has 2 rings (SSSR count). The van der Waals surface area contributed by atoms with Gasteiger partial charge in [-0.1, -0.05) is 0 Å². The molecule has 1 fully saturated rings. The lowest BCUT2D eigenvalue weighted by atomic mass is 10.2. The molecular weight excluding hydrogens is 204 g/mol. The summed E-state index contributed by atoms with van der Waals surface area (Å²) in [6.07, 6.45) is 4.05. The molecule has 86 valence electrons. The molecule has 0 aromatic carbocycles. The number of aromatic nitrogens is 1. The van der Waals surface area contributed by atoms with Gasteiger partial charge >= 0.3 is 5.97 Å². The Labute approximate surface area is 94.9 Å². The van der Waals surface area contributed by atoms with Crippen LogP contribution in [0.2, 0.25) is 0 Å². The lowest BCUT2D eigenvalue weighted by Gasteiger charge is -2.23. The summed E-state index contributed by atoms with van der Waals surface area (Å²) in [6, 6.07) is 3.62. The third-order valence-corrected chi connectivity index (χ3v) is 2.89. The van der Waals surface area contributed by atoms with Crippen LogP contribution < -0.4 is 4.90 Å². The molecule has 0 aliphatic heterocycles. The van der Waals surface area contributed by atoms with E-state index in [-0.39, 0.29) is 5.69 Å². The van der Waals surface area contributed by atoms with Crippen molar-refractivity contribution in [2.75, 3.05) is 18.0 Å². The normalized spacial score (nSPS) is 14.8. The fraction of sp³-hybridized carbons (Fsp3) is 0.500. The van der Waals surface area contributed by atoms with Crippen LogP contribution in [-0.4, -0.2) is 29.1 Å². The van der Waals surface area contributed by atoms with Crippen LogP contribution in [0.1, 0.15) is 30.3 Å². The molecule has 0 bridgehead atoms. The SMILES string of the molecule is CCN(CC1CC1)c1cccnc1C(=O)O. The van der Waals surface area contributed by atoms with Crippen molar-refractivity contribution in [3.8, 4) is 0 Å². The molecule has 1 aromatic rings. The van der Waals surface area contributed by atoms with Crippen LogP contribution in [-0.2, 0) is 0 Å². The second kappa shape index (κ2) is 4.51. The van der Waals surface area contributed by atoms with Crippen LogP contribution in [0.3, 0.4) is 0 Å². The summed E-state index contributed by atoms with van der Waals surface area (Å²) in [5.74, 6) is -0.216. The highest BCUT2D eigenvalue weighted by atomic mass is 16.4. The topological polar surface area (TPSA) is 53.4 Å². The van der Waals surface area contributed by atoms with E-state index in [2.05, 4.69) is 9.88 Å². The average molecular weight is 220 g/mol. The van der Waals surface area contributed by atoms with Crippen molar-refractivity contribution in [1.82, 2.24) is 4.98 Å². The van der Waals surface area contributed by atoms with E-state index in [0.29, 0.717) is 0 Å². The summed E-state index contributed by atoms with van der Waals surface area (Å²) < 4.78 is 0. The van der Waals surface area contributed by atoms with Crippen molar-refractivity contribution in [3.63, 3.8) is 0 Å². The van der Waals surface area contributed by atoms with Crippen molar-refractivity contribution in [1.29, 1.82) is 0 Å². The van der Waals surface area contributed by atoms with Crippen molar-refractivity contribution < 1.29 is 9.90 Å². The molecule has 1 aromatic heterocycles. The summed E-state index contributed by atoms with van der Waals surface area (Å²) in [7, 11) is 0. The summed E-state index contributed by atoms with van der Waals surface area (Å²) in [6.45, 7) is 3.81. The predicted molar refractivity (Wildman–Crippen MR) is 61.8 cm³/mol. The highest BCUT2D eigenvalue weighted by Gasteiger charge is 2.25. The first-order valence-corrected chi connectivity index (χ1v) is 5.65. The summed E-state index contributed by atoms with van der Waals surface area (Å²) in [5, 5.41) is 9.07. The van der Waals surface area contributed by atoms with Crippen LogP contribution in [0.15, 0.2) is 18.3 Å². The fourth-order valence-corrected chi connectivity index (χ4v) is 1.83. The van der Waals surface area contributed by atoms with E-state index in [1.807, 2.05) is 13.0 Å². The van der Waals surface area contributed by atoms with E-state index in [4.69, 9.17) is 5.11 Å². The Kier molecular flexibility index (Phi) is 3.08. The Morgan fingerprint density at radius 1 is 1.62 bits per heavy atom. The number of carboxylic acid groups (broad SMARTS) is 1. The lowest BCUT2D eigenvalue weighted by molar-refractivity contribution is 0.0691. The van der Waals surface area contributed by atoms with E-state index < -0.39 is 5.97 Å². The van der Waals surface area contributed by atoms with E-state index in [0.717, 1.165) is 24.7 Å². The molecule has 0 amide bonds. The van der Waals surface area contributed by atoms with Crippen molar-refractivity contribution in [2.45, 2.75) is 19.8 Å². The molecule has 0 radical (unpaired) electrons. The quantitative estimate of drug-likeness (QED) is 0.824. The number of pyridine rings is 1. The van der Waals surface area contributed by atoms with Gasteiger partial charge in [-0.25, -0.2) is 9.78 Å². The molecule has 4 heteroatoms. The minimum Gasteiger partial charge on any atom is -0.476 e. The van der Waals surface area contributed by atoms with Crippen molar-refractivity contribution >= 4 is 11.7 Å². The van der Waals surface area contributed by atoms with Gasteiger partial charge in [0.2, 0.25) is 0 Å². The molecule has 0 spiro atoms. The van der Waals surface area contributed by atoms with Gasteiger partial charge in [-0.3, -0.25) is 0 Å². The van der Waals surface area contributed by atoms with E-state index in [1.54, 1.807) is 6.07 Å². The first kappa shape index (κ1) is 10.9. The molecular formula is C12H16N2O2. The highest BCUT2D eigenvalue weighted by Crippen LogP contribution is 2.31. The number of carbonyl (C=O) groups is 1. The van der Waals surface area contributed by atoms with Gasteiger partial charge in [0.15, 0.2) is 5.69 Å². The Morgan fingerprint density at radius 3 is 2.94 bits per heavy atom. The van der Waals surface area contributed by atoms with E-state index >= 15 is 0 Å². The standard InChI is InChI=1S/C12H16N2O2/c1-2-14(8-9-5-6-9)10-4-3-7-13-11(10)12(15)16/h3-4,7,9H,2,5-6,8H2,1H3,(H,15,16). The third-order valence-electron chi connectivity index (χ3n) is 2.89. The Hall–Kier alpha value is -1.58. The largest absolute Gasteiger partial charge is 0.476 e. The molecule has 0 unspecified atom stereocenters. The third kappa shape index (κ3) is 2.32. The Balaban J connectivity index is 2.24. The number of hydrogen-bond acceptors (Lipinski definition) is 3. The van der Waals surface area contributed by atoms with Crippen LogP contribution in [0, 0.1) is 5.92 Å². The molecule has 1 aliphatic rings. The molecule has 16 heavy (non-hydrogen) atoms. The minimum absolute atomic E-state index is 0.157. The Morgan fingerprint density at radius 2 is 2.38 bits per heavy atom. The first-order valence-electron chi connectivity index (χ1n) is 5.65. The summed E-state index contributed by atoms with van der Waals surface area (Å²) in [4.78, 5) is 17.1. The average Bonchev–Trinajstić information content (AvgIpc) is 3.09. The van der Waals surface area contributed by atoms with Gasteiger partial charge in [0, 0.05) is 19.3 Å². The van der Waals surface area contributed by atoms with Gasteiger partial charge in [-0.15, -0.1) is 0 Å². The van der Waals surface area contributed by atoms with Crippen LogP contribution in [0.4, 0.5) is 5.69 Å². The van der Waals surface area contributed by atoms with Gasteiger partial charge in [-0.2, -0.15) is 0 Å². The maximum Gasteiger partial charge on any atom is 0.356 e. The lowest BCUT2D eigenvalue weighted by Crippen LogP contribution is -2.27. The van der Waals surface area contributed by atoms with Gasteiger partial charge < -0.3 is 10.0 Å². The molecule has 4 nitrogen and oxygen atoms in total. The second-order valence-corrected chi connectivity index (χ2v) is 4.16. The molecule has 1 N–H and O–H groups in total. The smallest absolute Gasteiger partial charge is 0.356 e. The van der Waals surface area contributed by atoms with Gasteiger partial charge in [0.1, 0.15) is 0 Å². The maximum absolute atomic E-state index is 11.1. The molecule has 1 saturated carbocycles. The zero-order valence-electron chi connectivity index (χ0n) is 9.39. The molecule has 1 heterocycles. The van der Waals surface area contributed by atoms with Crippen LogP contribution >= 0.6 is 0 Å². The zero-order chi connectivity index (χ0) is 11.5. The highest BCUT2D eigenvalue weighted by molar-refractivity contribution is 5.92. The summed E-state index contributed by atoms with van der Waals surface area (Å²) in [5.41, 5.74) is 0.898. The van der Waals surface area contributed by atoms with Crippen LogP contribution in [0.5, 0.6) is 0 Å². The van der Waals surface area contributed by atoms with Crippen molar-refractivity contribution in [2.24, 2.45) is 5.92 Å². The second-order valence-electron chi connectivity index (χ2n) is 4.16. The molecule has 0 saturated heterocycles. The predicted octanol–water partition coefficient (Wildman–Crippen LogP) is 2.02. The number of hydrogen-bond donors (Lipinski definition) is 1. The number of aromatic carboxylic acids is 1. The first-order chi connectivity index (χ1) is 7.72. The molecule has 0 atom stereocenters. The number of anilines is 1. The van der Waals surface area contributed by atoms with Gasteiger partial charge in [0.25, 0.3) is 0 Å². The van der Waals surface area contributed by atoms with Gasteiger partial charge in [0.05, 0.1) is 5.69 Å². The maximum atomic E-state index is 11.1. The van der Waals surface area contributed by atoms with Gasteiger partial charge in [-0.05, 0) is 37.8 Å². The zero-order valence-corrected chi connectivity index (χ0v) is 9.39.